The highest BCUT2D eigenvalue weighted by atomic mass is 32.1. The summed E-state index contributed by atoms with van der Waals surface area (Å²) in [7, 11) is 0. The molecule has 0 fully saturated rings. The molecule has 0 aliphatic carbocycles. The van der Waals surface area contributed by atoms with Gasteiger partial charge in [-0.1, -0.05) is 5.21 Å². The monoisotopic (exact) mass is 378 g/mol. The smallest absolute Gasteiger partial charge is 0.278 e. The molecule has 0 atom stereocenters. The number of thiazole rings is 1. The molecule has 0 bridgehead atoms. The van der Waals surface area contributed by atoms with Gasteiger partial charge in [0.15, 0.2) is 22.5 Å². The van der Waals surface area contributed by atoms with Crippen LogP contribution in [0.3, 0.4) is 0 Å². The number of benzene rings is 1. The number of hydrogen-bond donors (Lipinski definition) is 2. The standard InChI is InChI=1S/C15H12F2N6O2S/c1-8-13(14(25)19-9-2-3-10(16)11(17)6-9)21-22-23(8)7-12(24)20-15-18-4-5-26-15/h2-6H,7H2,1H3,(H,19,25)(H,18,20,24). The molecule has 1 aromatic carbocycles. The molecule has 8 nitrogen and oxygen atoms in total. The van der Waals surface area contributed by atoms with Crippen molar-refractivity contribution >= 4 is 34.0 Å². The maximum atomic E-state index is 13.2. The molecule has 11 heteroatoms. The molecule has 2 heterocycles. The summed E-state index contributed by atoms with van der Waals surface area (Å²) in [6, 6.07) is 2.98. The van der Waals surface area contributed by atoms with Crippen molar-refractivity contribution in [2.75, 3.05) is 10.6 Å². The lowest BCUT2D eigenvalue weighted by atomic mass is 10.2. The van der Waals surface area contributed by atoms with E-state index in [4.69, 9.17) is 0 Å². The van der Waals surface area contributed by atoms with Gasteiger partial charge in [-0.15, -0.1) is 16.4 Å². The average molecular weight is 378 g/mol. The quantitative estimate of drug-likeness (QED) is 0.709. The summed E-state index contributed by atoms with van der Waals surface area (Å²) in [5.41, 5.74) is 0.389. The van der Waals surface area contributed by atoms with Gasteiger partial charge in [0.25, 0.3) is 5.91 Å². The number of nitrogens with zero attached hydrogens (tertiary/aromatic N) is 4. The molecule has 3 aromatic rings. The van der Waals surface area contributed by atoms with Crippen LogP contribution in [0.25, 0.3) is 0 Å². The van der Waals surface area contributed by atoms with Gasteiger partial charge in [-0.3, -0.25) is 9.59 Å². The molecular weight excluding hydrogens is 366 g/mol. The van der Waals surface area contributed by atoms with Gasteiger partial charge in [0.05, 0.1) is 5.69 Å². The minimum Gasteiger partial charge on any atom is -0.320 e. The first-order valence-corrected chi connectivity index (χ1v) is 8.18. The molecule has 0 aliphatic heterocycles. The molecule has 26 heavy (non-hydrogen) atoms. The minimum absolute atomic E-state index is 0.0308. The van der Waals surface area contributed by atoms with E-state index in [1.165, 1.54) is 22.1 Å². The first-order chi connectivity index (χ1) is 12.4. The summed E-state index contributed by atoms with van der Waals surface area (Å²) in [5, 5.41) is 14.7. The van der Waals surface area contributed by atoms with Crippen molar-refractivity contribution in [3.63, 3.8) is 0 Å². The van der Waals surface area contributed by atoms with Crippen molar-refractivity contribution < 1.29 is 18.4 Å². The zero-order valence-electron chi connectivity index (χ0n) is 13.4. The predicted molar refractivity (Wildman–Crippen MR) is 89.8 cm³/mol. The lowest BCUT2D eigenvalue weighted by molar-refractivity contribution is -0.117. The maximum absolute atomic E-state index is 13.2. The van der Waals surface area contributed by atoms with E-state index in [9.17, 15) is 18.4 Å². The molecule has 2 N–H and O–H groups in total. The van der Waals surface area contributed by atoms with Crippen molar-refractivity contribution in [1.29, 1.82) is 0 Å². The molecule has 2 amide bonds. The van der Waals surface area contributed by atoms with Crippen LogP contribution in [-0.4, -0.2) is 31.8 Å². The van der Waals surface area contributed by atoms with E-state index in [1.807, 2.05) is 0 Å². The van der Waals surface area contributed by atoms with Crippen LogP contribution in [0.15, 0.2) is 29.8 Å². The molecule has 3 rings (SSSR count). The summed E-state index contributed by atoms with van der Waals surface area (Å²) in [6.07, 6.45) is 1.56. The summed E-state index contributed by atoms with van der Waals surface area (Å²) in [6.45, 7) is 1.41. The Hall–Kier alpha value is -3.21. The lowest BCUT2D eigenvalue weighted by Gasteiger charge is -2.05. The van der Waals surface area contributed by atoms with E-state index in [0.29, 0.717) is 10.8 Å². The Labute approximate surface area is 149 Å². The predicted octanol–water partition coefficient (Wildman–Crippen LogP) is 2.21. The van der Waals surface area contributed by atoms with Crippen LogP contribution in [0.1, 0.15) is 16.2 Å². The number of rotatable bonds is 5. The molecule has 0 saturated carbocycles. The highest BCUT2D eigenvalue weighted by Gasteiger charge is 2.19. The highest BCUT2D eigenvalue weighted by molar-refractivity contribution is 7.13. The molecule has 0 spiro atoms. The normalized spacial score (nSPS) is 10.6. The Morgan fingerprint density at radius 2 is 2.04 bits per heavy atom. The summed E-state index contributed by atoms with van der Waals surface area (Å²) < 4.78 is 27.4. The molecule has 0 unspecified atom stereocenters. The number of carbonyl (C=O) groups excluding carboxylic acids is 2. The number of hydrogen-bond acceptors (Lipinski definition) is 6. The van der Waals surface area contributed by atoms with E-state index >= 15 is 0 Å². The number of amides is 2. The zero-order chi connectivity index (χ0) is 18.7. The van der Waals surface area contributed by atoms with Crippen molar-refractivity contribution in [2.24, 2.45) is 0 Å². The fourth-order valence-electron chi connectivity index (χ4n) is 2.06. The van der Waals surface area contributed by atoms with E-state index in [0.717, 1.165) is 12.1 Å². The van der Waals surface area contributed by atoms with Crippen LogP contribution >= 0.6 is 11.3 Å². The Morgan fingerprint density at radius 1 is 1.23 bits per heavy atom. The van der Waals surface area contributed by atoms with Crippen LogP contribution in [0.5, 0.6) is 0 Å². The van der Waals surface area contributed by atoms with Gasteiger partial charge in [0.2, 0.25) is 5.91 Å². The molecule has 0 aliphatic rings. The maximum Gasteiger partial charge on any atom is 0.278 e. The van der Waals surface area contributed by atoms with Crippen LogP contribution in [0.4, 0.5) is 19.6 Å². The van der Waals surface area contributed by atoms with E-state index in [1.54, 1.807) is 18.5 Å². The van der Waals surface area contributed by atoms with Gasteiger partial charge in [0.1, 0.15) is 6.54 Å². The summed E-state index contributed by atoms with van der Waals surface area (Å²) in [5.74, 6) is -3.13. The number of anilines is 2. The third-order valence-corrected chi connectivity index (χ3v) is 4.04. The summed E-state index contributed by atoms with van der Waals surface area (Å²) in [4.78, 5) is 28.1. The van der Waals surface area contributed by atoms with Crippen LogP contribution in [0.2, 0.25) is 0 Å². The van der Waals surface area contributed by atoms with Gasteiger partial charge in [-0.25, -0.2) is 18.4 Å². The molecule has 0 radical (unpaired) electrons. The van der Waals surface area contributed by atoms with Crippen LogP contribution in [0, 0.1) is 18.6 Å². The van der Waals surface area contributed by atoms with Crippen molar-refractivity contribution in [3.8, 4) is 0 Å². The van der Waals surface area contributed by atoms with Crippen molar-refractivity contribution in [3.05, 3.63) is 52.8 Å². The van der Waals surface area contributed by atoms with Gasteiger partial charge >= 0.3 is 0 Å². The zero-order valence-corrected chi connectivity index (χ0v) is 14.2. The average Bonchev–Trinajstić information content (AvgIpc) is 3.22. The fourth-order valence-corrected chi connectivity index (χ4v) is 2.61. The Kier molecular flexibility index (Phi) is 4.98. The third kappa shape index (κ3) is 3.88. The molecule has 0 saturated heterocycles. The van der Waals surface area contributed by atoms with Crippen molar-refractivity contribution in [1.82, 2.24) is 20.0 Å². The Morgan fingerprint density at radius 3 is 2.73 bits per heavy atom. The Bertz CT molecular complexity index is 957. The van der Waals surface area contributed by atoms with E-state index in [2.05, 4.69) is 25.9 Å². The first-order valence-electron chi connectivity index (χ1n) is 7.30. The van der Waals surface area contributed by atoms with Crippen molar-refractivity contribution in [2.45, 2.75) is 13.5 Å². The SMILES string of the molecule is Cc1c(C(=O)Nc2ccc(F)c(F)c2)nnn1CC(=O)Nc1nccs1. The fraction of sp³-hybridized carbons (Fsp3) is 0.133. The molecule has 134 valence electrons. The topological polar surface area (TPSA) is 102 Å². The number of aromatic nitrogens is 4. The second-order valence-corrected chi connectivity index (χ2v) is 6.04. The van der Waals surface area contributed by atoms with Crippen LogP contribution < -0.4 is 10.6 Å². The first kappa shape index (κ1) is 17.6. The largest absolute Gasteiger partial charge is 0.320 e. The number of carbonyl (C=O) groups is 2. The second kappa shape index (κ2) is 7.35. The Balaban J connectivity index is 1.68. The molecular formula is C15H12F2N6O2S. The molecule has 2 aromatic heterocycles. The van der Waals surface area contributed by atoms with E-state index < -0.39 is 17.5 Å². The van der Waals surface area contributed by atoms with Gasteiger partial charge < -0.3 is 10.6 Å². The highest BCUT2D eigenvalue weighted by Crippen LogP contribution is 2.15. The van der Waals surface area contributed by atoms with Crippen LogP contribution in [-0.2, 0) is 11.3 Å². The minimum atomic E-state index is -1.08. The van der Waals surface area contributed by atoms with Gasteiger partial charge in [-0.05, 0) is 19.1 Å². The lowest BCUT2D eigenvalue weighted by Crippen LogP contribution is -2.21. The third-order valence-electron chi connectivity index (χ3n) is 3.35. The van der Waals surface area contributed by atoms with Gasteiger partial charge in [-0.2, -0.15) is 0 Å². The number of halogens is 2. The van der Waals surface area contributed by atoms with Gasteiger partial charge in [0, 0.05) is 23.3 Å². The summed E-state index contributed by atoms with van der Waals surface area (Å²) >= 11 is 1.27. The van der Waals surface area contributed by atoms with E-state index in [-0.39, 0.29) is 23.8 Å². The second-order valence-electron chi connectivity index (χ2n) is 5.15. The number of nitrogens with one attached hydrogen (secondary N) is 2.